The van der Waals surface area contributed by atoms with Crippen molar-refractivity contribution in [2.75, 3.05) is 7.05 Å². The first kappa shape index (κ1) is 11.7. The summed E-state index contributed by atoms with van der Waals surface area (Å²) in [5.74, 6) is -0.976. The molecule has 0 aliphatic carbocycles. The van der Waals surface area contributed by atoms with Crippen LogP contribution in [0.1, 0.15) is 31.1 Å². The van der Waals surface area contributed by atoms with E-state index in [4.69, 9.17) is 4.42 Å². The summed E-state index contributed by atoms with van der Waals surface area (Å²) in [5.41, 5.74) is 0. The van der Waals surface area contributed by atoms with Crippen molar-refractivity contribution in [3.05, 3.63) is 24.2 Å². The largest absolute Gasteiger partial charge is 0.481 e. The molecule has 5 heteroatoms. The first-order valence-electron chi connectivity index (χ1n) is 5.63. The van der Waals surface area contributed by atoms with Gasteiger partial charge in [-0.15, -0.1) is 0 Å². The molecule has 0 radical (unpaired) electrons. The van der Waals surface area contributed by atoms with Gasteiger partial charge in [0.05, 0.1) is 12.2 Å². The molecule has 1 saturated heterocycles. The highest BCUT2D eigenvalue weighted by molar-refractivity contribution is 5.79. The quantitative estimate of drug-likeness (QED) is 0.849. The van der Waals surface area contributed by atoms with Crippen LogP contribution in [0.4, 0.5) is 0 Å². The molecule has 0 aromatic carbocycles. The topological polar surface area (TPSA) is 70.8 Å². The molecule has 0 saturated carbocycles. The van der Waals surface area contributed by atoms with Gasteiger partial charge in [0.25, 0.3) is 0 Å². The van der Waals surface area contributed by atoms with Crippen LogP contribution >= 0.6 is 0 Å². The van der Waals surface area contributed by atoms with Crippen LogP contribution in [0.15, 0.2) is 22.8 Å². The maximum Gasteiger partial charge on any atom is 0.309 e. The number of aliphatic carboxylic acids is 1. The van der Waals surface area contributed by atoms with E-state index in [9.17, 15) is 14.7 Å². The highest BCUT2D eigenvalue weighted by Gasteiger charge is 2.38. The third-order valence-corrected chi connectivity index (χ3v) is 3.25. The van der Waals surface area contributed by atoms with Crippen molar-refractivity contribution in [2.45, 2.75) is 25.3 Å². The van der Waals surface area contributed by atoms with E-state index in [2.05, 4.69) is 0 Å². The average Bonchev–Trinajstić information content (AvgIpc) is 2.75. The zero-order chi connectivity index (χ0) is 12.4. The van der Waals surface area contributed by atoms with Gasteiger partial charge in [0.2, 0.25) is 5.91 Å². The summed E-state index contributed by atoms with van der Waals surface area (Å²) >= 11 is 0. The molecule has 2 rings (SSSR count). The Kier molecular flexibility index (Phi) is 3.17. The molecule has 0 bridgehead atoms. The van der Waals surface area contributed by atoms with Crippen molar-refractivity contribution in [3.8, 4) is 0 Å². The van der Waals surface area contributed by atoms with Gasteiger partial charge in [-0.05, 0) is 25.0 Å². The normalized spacial score (nSPS) is 25.7. The molecule has 1 aromatic heterocycles. The highest BCUT2D eigenvalue weighted by Crippen LogP contribution is 2.35. The molecule has 2 heterocycles. The van der Waals surface area contributed by atoms with E-state index >= 15 is 0 Å². The Morgan fingerprint density at radius 1 is 1.59 bits per heavy atom. The van der Waals surface area contributed by atoms with E-state index in [0.717, 1.165) is 0 Å². The minimum atomic E-state index is -0.882. The second-order valence-electron chi connectivity index (χ2n) is 4.30. The second-order valence-corrected chi connectivity index (χ2v) is 4.30. The maximum absolute atomic E-state index is 11.8. The van der Waals surface area contributed by atoms with Crippen LogP contribution in [-0.2, 0) is 9.59 Å². The average molecular weight is 237 g/mol. The summed E-state index contributed by atoms with van der Waals surface area (Å²) in [7, 11) is 1.64. The molecule has 1 aliphatic heterocycles. The number of nitrogens with zero attached hydrogens (tertiary/aromatic N) is 1. The van der Waals surface area contributed by atoms with E-state index < -0.39 is 17.9 Å². The van der Waals surface area contributed by atoms with E-state index in [-0.39, 0.29) is 5.91 Å². The summed E-state index contributed by atoms with van der Waals surface area (Å²) in [6, 6.07) is 2.92. The Bertz CT molecular complexity index is 412. The highest BCUT2D eigenvalue weighted by atomic mass is 16.4. The van der Waals surface area contributed by atoms with Gasteiger partial charge in [0, 0.05) is 13.5 Å². The predicted octanol–water partition coefficient (Wildman–Crippen LogP) is 1.66. The van der Waals surface area contributed by atoms with Crippen molar-refractivity contribution >= 4 is 11.9 Å². The Morgan fingerprint density at radius 3 is 2.94 bits per heavy atom. The lowest BCUT2D eigenvalue weighted by atomic mass is 9.93. The summed E-state index contributed by atoms with van der Waals surface area (Å²) in [4.78, 5) is 24.6. The van der Waals surface area contributed by atoms with Gasteiger partial charge >= 0.3 is 5.97 Å². The fourth-order valence-electron chi connectivity index (χ4n) is 2.34. The fraction of sp³-hybridized carbons (Fsp3) is 0.500. The standard InChI is InChI=1S/C12H15NO4/c1-13-10(14)6-2-4-8(12(15)16)11(13)9-5-3-7-17-9/h3,5,7-8,11H,2,4,6H2,1H3,(H,15,16). The van der Waals surface area contributed by atoms with Crippen LogP contribution in [0.5, 0.6) is 0 Å². The fourth-order valence-corrected chi connectivity index (χ4v) is 2.34. The second kappa shape index (κ2) is 4.61. The number of hydrogen-bond donors (Lipinski definition) is 1. The Labute approximate surface area is 99.0 Å². The van der Waals surface area contributed by atoms with Gasteiger partial charge < -0.3 is 14.4 Å². The van der Waals surface area contributed by atoms with Crippen molar-refractivity contribution in [2.24, 2.45) is 5.92 Å². The molecule has 1 N–H and O–H groups in total. The molecule has 1 aromatic rings. The zero-order valence-corrected chi connectivity index (χ0v) is 9.63. The molecule has 92 valence electrons. The van der Waals surface area contributed by atoms with Crippen LogP contribution in [0.25, 0.3) is 0 Å². The summed E-state index contributed by atoms with van der Waals surface area (Å²) in [5, 5.41) is 9.26. The van der Waals surface area contributed by atoms with Crippen molar-refractivity contribution in [3.63, 3.8) is 0 Å². The summed E-state index contributed by atoms with van der Waals surface area (Å²) in [6.07, 6.45) is 3.00. The smallest absolute Gasteiger partial charge is 0.309 e. The SMILES string of the molecule is CN1C(=O)CCCC(C(=O)O)C1c1ccco1. The van der Waals surface area contributed by atoms with Crippen LogP contribution in [0, 0.1) is 5.92 Å². The molecule has 1 fully saturated rings. The lowest BCUT2D eigenvalue weighted by Crippen LogP contribution is -2.35. The Morgan fingerprint density at radius 2 is 2.35 bits per heavy atom. The number of carboxylic acid groups (broad SMARTS) is 1. The molecule has 5 nitrogen and oxygen atoms in total. The van der Waals surface area contributed by atoms with Crippen LogP contribution < -0.4 is 0 Å². The number of carboxylic acids is 1. The number of furan rings is 1. The molecule has 17 heavy (non-hydrogen) atoms. The minimum absolute atomic E-state index is 0.0323. The van der Waals surface area contributed by atoms with E-state index in [0.29, 0.717) is 25.0 Å². The van der Waals surface area contributed by atoms with Gasteiger partial charge in [0.15, 0.2) is 0 Å². The number of likely N-dealkylation sites (tertiary alicyclic amines) is 1. The molecule has 1 amide bonds. The zero-order valence-electron chi connectivity index (χ0n) is 9.63. The third-order valence-electron chi connectivity index (χ3n) is 3.25. The maximum atomic E-state index is 11.8. The molecule has 0 spiro atoms. The van der Waals surface area contributed by atoms with E-state index in [1.165, 1.54) is 11.2 Å². The molecular weight excluding hydrogens is 222 g/mol. The van der Waals surface area contributed by atoms with Gasteiger partial charge in [-0.1, -0.05) is 0 Å². The lowest BCUT2D eigenvalue weighted by molar-refractivity contribution is -0.145. The third kappa shape index (κ3) is 2.18. The van der Waals surface area contributed by atoms with Crippen molar-refractivity contribution < 1.29 is 19.1 Å². The van der Waals surface area contributed by atoms with Gasteiger partial charge in [-0.2, -0.15) is 0 Å². The predicted molar refractivity (Wildman–Crippen MR) is 59.2 cm³/mol. The minimum Gasteiger partial charge on any atom is -0.481 e. The van der Waals surface area contributed by atoms with E-state index in [1.807, 2.05) is 0 Å². The monoisotopic (exact) mass is 237 g/mol. The van der Waals surface area contributed by atoms with Gasteiger partial charge in [-0.25, -0.2) is 0 Å². The first-order valence-corrected chi connectivity index (χ1v) is 5.63. The Balaban J connectivity index is 2.37. The number of carbonyl (C=O) groups is 2. The first-order chi connectivity index (χ1) is 8.11. The molecule has 1 aliphatic rings. The number of amides is 1. The number of carbonyl (C=O) groups excluding carboxylic acids is 1. The Hall–Kier alpha value is -1.78. The van der Waals surface area contributed by atoms with Crippen molar-refractivity contribution in [1.29, 1.82) is 0 Å². The number of rotatable bonds is 2. The van der Waals surface area contributed by atoms with Gasteiger partial charge in [0.1, 0.15) is 11.8 Å². The lowest BCUT2D eigenvalue weighted by Gasteiger charge is -2.28. The summed E-state index contributed by atoms with van der Waals surface area (Å²) < 4.78 is 5.27. The van der Waals surface area contributed by atoms with Crippen LogP contribution in [0.3, 0.4) is 0 Å². The van der Waals surface area contributed by atoms with Crippen LogP contribution in [0.2, 0.25) is 0 Å². The van der Waals surface area contributed by atoms with Crippen molar-refractivity contribution in [1.82, 2.24) is 4.90 Å². The number of hydrogen-bond acceptors (Lipinski definition) is 3. The molecule has 2 unspecified atom stereocenters. The van der Waals surface area contributed by atoms with E-state index in [1.54, 1.807) is 19.2 Å². The molecule has 2 atom stereocenters. The summed E-state index contributed by atoms with van der Waals surface area (Å²) in [6.45, 7) is 0. The van der Waals surface area contributed by atoms with Crippen LogP contribution in [-0.4, -0.2) is 28.9 Å². The van der Waals surface area contributed by atoms with Gasteiger partial charge in [-0.3, -0.25) is 9.59 Å². The molecular formula is C12H15NO4.